The molecule has 0 radical (unpaired) electrons. The van der Waals surface area contributed by atoms with Crippen LogP contribution in [0, 0.1) is 0 Å². The summed E-state index contributed by atoms with van der Waals surface area (Å²) in [7, 11) is 0. The van der Waals surface area contributed by atoms with E-state index >= 15 is 0 Å². The van der Waals surface area contributed by atoms with E-state index in [-0.39, 0.29) is 0 Å². The Bertz CT molecular complexity index is 421. The van der Waals surface area contributed by atoms with Crippen molar-refractivity contribution in [2.45, 2.75) is 19.8 Å². The van der Waals surface area contributed by atoms with Crippen LogP contribution in [-0.4, -0.2) is 9.97 Å². The SMILES string of the molecule is CC(C)c1ccc2ncccc2n1. The molecule has 0 atom stereocenters. The highest BCUT2D eigenvalue weighted by atomic mass is 14.8. The number of aromatic nitrogens is 2. The van der Waals surface area contributed by atoms with Gasteiger partial charge in [0.15, 0.2) is 0 Å². The van der Waals surface area contributed by atoms with Crippen LogP contribution in [0.5, 0.6) is 0 Å². The molecule has 0 saturated heterocycles. The maximum absolute atomic E-state index is 4.51. The summed E-state index contributed by atoms with van der Waals surface area (Å²) in [6, 6.07) is 7.98. The summed E-state index contributed by atoms with van der Waals surface area (Å²) in [5, 5.41) is 0. The fraction of sp³-hybridized carbons (Fsp3) is 0.273. The summed E-state index contributed by atoms with van der Waals surface area (Å²) in [4.78, 5) is 8.73. The van der Waals surface area contributed by atoms with E-state index in [0.717, 1.165) is 16.7 Å². The Morgan fingerprint density at radius 2 is 1.92 bits per heavy atom. The zero-order valence-electron chi connectivity index (χ0n) is 7.86. The van der Waals surface area contributed by atoms with Crippen molar-refractivity contribution in [3.05, 3.63) is 36.2 Å². The second-order valence-corrected chi connectivity index (χ2v) is 3.43. The van der Waals surface area contributed by atoms with Gasteiger partial charge in [0.05, 0.1) is 11.0 Å². The monoisotopic (exact) mass is 172 g/mol. The van der Waals surface area contributed by atoms with E-state index in [0.29, 0.717) is 5.92 Å². The number of fused-ring (bicyclic) bond motifs is 1. The number of nitrogens with zero attached hydrogens (tertiary/aromatic N) is 2. The summed E-state index contributed by atoms with van der Waals surface area (Å²) in [6.07, 6.45) is 1.79. The minimum atomic E-state index is 0.476. The van der Waals surface area contributed by atoms with E-state index < -0.39 is 0 Å². The first-order valence-electron chi connectivity index (χ1n) is 4.49. The first-order chi connectivity index (χ1) is 6.27. The van der Waals surface area contributed by atoms with Crippen molar-refractivity contribution in [3.63, 3.8) is 0 Å². The van der Waals surface area contributed by atoms with Crippen LogP contribution in [0.2, 0.25) is 0 Å². The Kier molecular flexibility index (Phi) is 1.97. The van der Waals surface area contributed by atoms with Gasteiger partial charge in [0.1, 0.15) is 0 Å². The predicted molar refractivity (Wildman–Crippen MR) is 53.6 cm³/mol. The number of pyridine rings is 2. The lowest BCUT2D eigenvalue weighted by Gasteiger charge is -2.04. The smallest absolute Gasteiger partial charge is 0.0890 e. The molecule has 0 aliphatic rings. The van der Waals surface area contributed by atoms with Crippen molar-refractivity contribution in [2.24, 2.45) is 0 Å². The van der Waals surface area contributed by atoms with E-state index in [2.05, 4.69) is 23.8 Å². The third-order valence-electron chi connectivity index (χ3n) is 2.07. The van der Waals surface area contributed by atoms with Crippen LogP contribution in [0.3, 0.4) is 0 Å². The van der Waals surface area contributed by atoms with Crippen molar-refractivity contribution < 1.29 is 0 Å². The van der Waals surface area contributed by atoms with Crippen molar-refractivity contribution in [1.29, 1.82) is 0 Å². The minimum Gasteiger partial charge on any atom is -0.255 e. The van der Waals surface area contributed by atoms with Gasteiger partial charge in [-0.3, -0.25) is 9.97 Å². The molecule has 2 aromatic heterocycles. The Morgan fingerprint density at radius 3 is 2.69 bits per heavy atom. The lowest BCUT2D eigenvalue weighted by molar-refractivity contribution is 0.829. The average molecular weight is 172 g/mol. The summed E-state index contributed by atoms with van der Waals surface area (Å²) >= 11 is 0. The maximum atomic E-state index is 4.51. The molecule has 0 aliphatic heterocycles. The normalized spacial score (nSPS) is 11.0. The highest BCUT2D eigenvalue weighted by Gasteiger charge is 2.01. The topological polar surface area (TPSA) is 25.8 Å². The predicted octanol–water partition coefficient (Wildman–Crippen LogP) is 2.75. The molecule has 0 fully saturated rings. The molecule has 0 spiro atoms. The summed E-state index contributed by atoms with van der Waals surface area (Å²) in [6.45, 7) is 4.29. The first-order valence-corrected chi connectivity index (χ1v) is 4.49. The highest BCUT2D eigenvalue weighted by molar-refractivity contribution is 5.73. The third-order valence-corrected chi connectivity index (χ3v) is 2.07. The van der Waals surface area contributed by atoms with Crippen molar-refractivity contribution >= 4 is 11.0 Å². The van der Waals surface area contributed by atoms with Crippen molar-refractivity contribution in [2.75, 3.05) is 0 Å². The van der Waals surface area contributed by atoms with Crippen LogP contribution >= 0.6 is 0 Å². The van der Waals surface area contributed by atoms with Gasteiger partial charge in [0, 0.05) is 11.9 Å². The van der Waals surface area contributed by atoms with Crippen LogP contribution in [0.25, 0.3) is 11.0 Å². The minimum absolute atomic E-state index is 0.476. The molecule has 0 amide bonds. The second-order valence-electron chi connectivity index (χ2n) is 3.43. The summed E-state index contributed by atoms with van der Waals surface area (Å²) in [5.74, 6) is 0.476. The Balaban J connectivity index is 2.62. The highest BCUT2D eigenvalue weighted by Crippen LogP contribution is 2.15. The molecule has 2 rings (SSSR count). The van der Waals surface area contributed by atoms with E-state index in [1.165, 1.54) is 0 Å². The van der Waals surface area contributed by atoms with Crippen LogP contribution < -0.4 is 0 Å². The molecule has 2 aromatic rings. The van der Waals surface area contributed by atoms with Gasteiger partial charge in [-0.1, -0.05) is 13.8 Å². The van der Waals surface area contributed by atoms with Crippen molar-refractivity contribution in [1.82, 2.24) is 9.97 Å². The molecule has 0 N–H and O–H groups in total. The van der Waals surface area contributed by atoms with Gasteiger partial charge in [-0.2, -0.15) is 0 Å². The number of hydrogen-bond donors (Lipinski definition) is 0. The largest absolute Gasteiger partial charge is 0.255 e. The standard InChI is InChI=1S/C11H12N2/c1-8(2)9-5-6-10-11(13-9)4-3-7-12-10/h3-8H,1-2H3. The fourth-order valence-electron chi connectivity index (χ4n) is 1.29. The molecule has 66 valence electrons. The van der Waals surface area contributed by atoms with Crippen LogP contribution in [0.1, 0.15) is 25.5 Å². The Hall–Kier alpha value is -1.44. The molecule has 0 saturated carbocycles. The third kappa shape index (κ3) is 1.52. The number of hydrogen-bond acceptors (Lipinski definition) is 2. The zero-order valence-corrected chi connectivity index (χ0v) is 7.86. The van der Waals surface area contributed by atoms with E-state index in [1.54, 1.807) is 6.20 Å². The zero-order chi connectivity index (χ0) is 9.26. The van der Waals surface area contributed by atoms with Crippen LogP contribution in [0.15, 0.2) is 30.5 Å². The Labute approximate surface area is 77.6 Å². The van der Waals surface area contributed by atoms with Gasteiger partial charge in [-0.05, 0) is 30.2 Å². The average Bonchev–Trinajstić information content (AvgIpc) is 2.17. The Morgan fingerprint density at radius 1 is 1.08 bits per heavy atom. The molecule has 0 aromatic carbocycles. The van der Waals surface area contributed by atoms with Gasteiger partial charge >= 0.3 is 0 Å². The number of rotatable bonds is 1. The quantitative estimate of drug-likeness (QED) is 0.661. The van der Waals surface area contributed by atoms with E-state index in [4.69, 9.17) is 0 Å². The second kappa shape index (κ2) is 3.13. The van der Waals surface area contributed by atoms with Crippen molar-refractivity contribution in [3.8, 4) is 0 Å². The fourth-order valence-corrected chi connectivity index (χ4v) is 1.29. The maximum Gasteiger partial charge on any atom is 0.0890 e. The summed E-state index contributed by atoms with van der Waals surface area (Å²) in [5.41, 5.74) is 3.07. The lowest BCUT2D eigenvalue weighted by Crippen LogP contribution is -1.92. The molecule has 0 unspecified atom stereocenters. The molecule has 2 nitrogen and oxygen atoms in total. The summed E-state index contributed by atoms with van der Waals surface area (Å²) < 4.78 is 0. The molecule has 2 heterocycles. The molecular weight excluding hydrogens is 160 g/mol. The van der Waals surface area contributed by atoms with Gasteiger partial charge in [0.25, 0.3) is 0 Å². The van der Waals surface area contributed by atoms with Gasteiger partial charge in [-0.15, -0.1) is 0 Å². The molecule has 0 bridgehead atoms. The van der Waals surface area contributed by atoms with Crippen LogP contribution in [0.4, 0.5) is 0 Å². The van der Waals surface area contributed by atoms with Gasteiger partial charge < -0.3 is 0 Å². The lowest BCUT2D eigenvalue weighted by atomic mass is 10.1. The molecule has 0 aliphatic carbocycles. The van der Waals surface area contributed by atoms with Gasteiger partial charge in [-0.25, -0.2) is 0 Å². The molecule has 2 heteroatoms. The van der Waals surface area contributed by atoms with Gasteiger partial charge in [0.2, 0.25) is 0 Å². The first kappa shape index (κ1) is 8.17. The van der Waals surface area contributed by atoms with Crippen LogP contribution in [-0.2, 0) is 0 Å². The molecular formula is C11H12N2. The van der Waals surface area contributed by atoms with E-state index in [9.17, 15) is 0 Å². The van der Waals surface area contributed by atoms with E-state index in [1.807, 2.05) is 24.3 Å². The molecule has 13 heavy (non-hydrogen) atoms.